The molecule has 1 aliphatic carbocycles. The number of aromatic nitrogens is 2. The topological polar surface area (TPSA) is 64.0 Å². The van der Waals surface area contributed by atoms with Crippen LogP contribution in [0.3, 0.4) is 0 Å². The van der Waals surface area contributed by atoms with Crippen LogP contribution in [0.4, 0.5) is 0 Å². The van der Waals surface area contributed by atoms with Crippen molar-refractivity contribution in [2.75, 3.05) is 5.75 Å². The maximum Gasteiger partial charge on any atom is 0.257 e. The maximum absolute atomic E-state index is 12.8. The van der Waals surface area contributed by atoms with Crippen LogP contribution in [0.25, 0.3) is 0 Å². The van der Waals surface area contributed by atoms with Crippen LogP contribution in [-0.2, 0) is 18.3 Å². The zero-order valence-corrected chi connectivity index (χ0v) is 18.7. The first-order chi connectivity index (χ1) is 13.4. The minimum atomic E-state index is -0.0504. The fraction of sp³-hybridized carbons (Fsp3) is 0.476. The Labute approximate surface area is 178 Å². The summed E-state index contributed by atoms with van der Waals surface area (Å²) >= 11 is 4.75. The lowest BCUT2D eigenvalue weighted by atomic mass is 9.95. The van der Waals surface area contributed by atoms with E-state index < -0.39 is 0 Å². The van der Waals surface area contributed by atoms with Gasteiger partial charge in [-0.25, -0.2) is 4.98 Å². The van der Waals surface area contributed by atoms with Gasteiger partial charge in [0.25, 0.3) is 5.56 Å². The van der Waals surface area contributed by atoms with Gasteiger partial charge in [0.1, 0.15) is 0 Å². The Morgan fingerprint density at radius 3 is 2.61 bits per heavy atom. The fourth-order valence-corrected chi connectivity index (χ4v) is 4.60. The van der Waals surface area contributed by atoms with Crippen LogP contribution in [0, 0.1) is 6.92 Å². The number of hydrogen-bond acceptors (Lipinski definition) is 4. The van der Waals surface area contributed by atoms with Crippen LogP contribution in [0.2, 0.25) is 0 Å². The molecule has 1 fully saturated rings. The molecule has 0 saturated heterocycles. The highest BCUT2D eigenvalue weighted by Crippen LogP contribution is 2.20. The smallest absolute Gasteiger partial charge is 0.257 e. The Hall–Kier alpha value is -1.60. The number of hydrogen-bond donors (Lipinski definition) is 1. The van der Waals surface area contributed by atoms with E-state index in [4.69, 9.17) is 0 Å². The third-order valence-electron chi connectivity index (χ3n) is 5.15. The molecule has 2 aromatic rings. The van der Waals surface area contributed by atoms with Crippen molar-refractivity contribution in [1.29, 1.82) is 0 Å². The van der Waals surface area contributed by atoms with Gasteiger partial charge in [-0.05, 0) is 37.5 Å². The van der Waals surface area contributed by atoms with Crippen molar-refractivity contribution in [1.82, 2.24) is 14.9 Å². The molecule has 0 radical (unpaired) electrons. The Morgan fingerprint density at radius 2 is 1.93 bits per heavy atom. The van der Waals surface area contributed by atoms with E-state index in [1.165, 1.54) is 31.0 Å². The summed E-state index contributed by atoms with van der Waals surface area (Å²) in [6.07, 6.45) is 6.32. The van der Waals surface area contributed by atoms with Crippen molar-refractivity contribution in [3.8, 4) is 0 Å². The van der Waals surface area contributed by atoms with Crippen LogP contribution >= 0.6 is 27.7 Å². The molecule has 1 saturated carbocycles. The number of nitrogens with one attached hydrogen (secondary N) is 1. The molecule has 28 heavy (non-hydrogen) atoms. The first-order valence-corrected chi connectivity index (χ1v) is 11.4. The van der Waals surface area contributed by atoms with Crippen molar-refractivity contribution in [2.45, 2.75) is 56.6 Å². The molecule has 150 valence electrons. The molecule has 3 rings (SSSR count). The Kier molecular flexibility index (Phi) is 7.35. The van der Waals surface area contributed by atoms with Crippen LogP contribution in [0.1, 0.15) is 48.9 Å². The van der Waals surface area contributed by atoms with Gasteiger partial charge >= 0.3 is 0 Å². The normalized spacial score (nSPS) is 14.8. The molecule has 1 aliphatic rings. The highest BCUT2D eigenvalue weighted by atomic mass is 79.9. The van der Waals surface area contributed by atoms with Gasteiger partial charge in [-0.2, -0.15) is 0 Å². The monoisotopic (exact) mass is 463 g/mol. The van der Waals surface area contributed by atoms with E-state index in [1.54, 1.807) is 11.6 Å². The van der Waals surface area contributed by atoms with Gasteiger partial charge in [0.2, 0.25) is 5.91 Å². The van der Waals surface area contributed by atoms with Crippen molar-refractivity contribution < 1.29 is 4.79 Å². The quantitative estimate of drug-likeness (QED) is 0.519. The van der Waals surface area contributed by atoms with Crippen LogP contribution in [-0.4, -0.2) is 27.3 Å². The van der Waals surface area contributed by atoms with E-state index in [0.717, 1.165) is 28.6 Å². The number of thioether (sulfide) groups is 1. The predicted molar refractivity (Wildman–Crippen MR) is 117 cm³/mol. The summed E-state index contributed by atoms with van der Waals surface area (Å²) < 4.78 is 2.57. The highest BCUT2D eigenvalue weighted by molar-refractivity contribution is 9.10. The molecule has 0 aliphatic heterocycles. The molecule has 1 amide bonds. The average molecular weight is 464 g/mol. The minimum Gasteiger partial charge on any atom is -0.353 e. The summed E-state index contributed by atoms with van der Waals surface area (Å²) in [5, 5.41) is 3.69. The minimum absolute atomic E-state index is 0.0164. The van der Waals surface area contributed by atoms with E-state index in [-0.39, 0.29) is 17.2 Å². The van der Waals surface area contributed by atoms with E-state index in [9.17, 15) is 9.59 Å². The average Bonchev–Trinajstić information content (AvgIpc) is 2.69. The van der Waals surface area contributed by atoms with Crippen molar-refractivity contribution in [3.63, 3.8) is 0 Å². The molecule has 1 N–H and O–H groups in total. The van der Waals surface area contributed by atoms with Gasteiger partial charge in [-0.3, -0.25) is 14.2 Å². The van der Waals surface area contributed by atoms with Gasteiger partial charge in [0.15, 0.2) is 5.16 Å². The van der Waals surface area contributed by atoms with Crippen LogP contribution < -0.4 is 10.9 Å². The maximum atomic E-state index is 12.8. The summed E-state index contributed by atoms with van der Waals surface area (Å²) in [7, 11) is 1.72. The van der Waals surface area contributed by atoms with Crippen LogP contribution in [0.5, 0.6) is 0 Å². The number of aryl methyl sites for hydroxylation is 1. The van der Waals surface area contributed by atoms with Gasteiger partial charge in [0.05, 0.1) is 5.75 Å². The Morgan fingerprint density at radius 1 is 1.25 bits per heavy atom. The van der Waals surface area contributed by atoms with Gasteiger partial charge in [-0.1, -0.05) is 59.1 Å². The predicted octanol–water partition coefficient (Wildman–Crippen LogP) is 3.98. The molecule has 0 bridgehead atoms. The molecule has 1 aromatic heterocycles. The first-order valence-electron chi connectivity index (χ1n) is 9.67. The van der Waals surface area contributed by atoms with Crippen LogP contribution in [0.15, 0.2) is 38.7 Å². The number of nitrogens with zero attached hydrogens (tertiary/aromatic N) is 2. The summed E-state index contributed by atoms with van der Waals surface area (Å²) in [5.74, 6) is 0.296. The third-order valence-corrected chi connectivity index (χ3v) is 6.71. The standard InChI is InChI=1S/C21H26BrN3O2S/c1-14-18(12-15-8-10-16(22)11-9-15)20(27)25(2)21(23-14)28-13-19(26)24-17-6-4-3-5-7-17/h8-11,17H,3-7,12-13H2,1-2H3,(H,24,26). The number of rotatable bonds is 6. The van der Waals surface area contributed by atoms with Gasteiger partial charge in [0, 0.05) is 35.2 Å². The van der Waals surface area contributed by atoms with E-state index in [2.05, 4.69) is 26.2 Å². The summed E-state index contributed by atoms with van der Waals surface area (Å²) in [6, 6.07) is 8.24. The largest absolute Gasteiger partial charge is 0.353 e. The third kappa shape index (κ3) is 5.47. The summed E-state index contributed by atoms with van der Waals surface area (Å²) in [6.45, 7) is 1.86. The lowest BCUT2D eigenvalue weighted by Gasteiger charge is -2.22. The summed E-state index contributed by atoms with van der Waals surface area (Å²) in [5.41, 5.74) is 2.44. The molecule has 5 nitrogen and oxygen atoms in total. The number of halogens is 1. The lowest BCUT2D eigenvalue weighted by molar-refractivity contribution is -0.119. The van der Waals surface area contributed by atoms with Crippen molar-refractivity contribution in [2.24, 2.45) is 7.05 Å². The highest BCUT2D eigenvalue weighted by Gasteiger charge is 2.17. The Balaban J connectivity index is 1.66. The molecule has 1 heterocycles. The molecule has 1 aromatic carbocycles. The van der Waals surface area contributed by atoms with E-state index >= 15 is 0 Å². The zero-order valence-electron chi connectivity index (χ0n) is 16.3. The van der Waals surface area contributed by atoms with Crippen molar-refractivity contribution in [3.05, 3.63) is 55.9 Å². The second-order valence-corrected chi connectivity index (χ2v) is 9.18. The summed E-state index contributed by atoms with van der Waals surface area (Å²) in [4.78, 5) is 29.7. The number of benzene rings is 1. The Bertz CT molecular complexity index is 890. The number of carbonyl (C=O) groups is 1. The molecule has 0 spiro atoms. The number of amides is 1. The van der Waals surface area contributed by atoms with Gasteiger partial charge in [-0.15, -0.1) is 0 Å². The molecule has 7 heteroatoms. The van der Waals surface area contributed by atoms with E-state index in [1.807, 2.05) is 31.2 Å². The zero-order chi connectivity index (χ0) is 20.1. The van der Waals surface area contributed by atoms with Crippen molar-refractivity contribution >= 4 is 33.6 Å². The molecular weight excluding hydrogens is 438 g/mol. The molecule has 0 atom stereocenters. The molecule has 0 unspecified atom stereocenters. The lowest BCUT2D eigenvalue weighted by Crippen LogP contribution is -2.37. The second-order valence-electron chi connectivity index (χ2n) is 7.32. The van der Waals surface area contributed by atoms with Gasteiger partial charge < -0.3 is 5.32 Å². The number of carbonyl (C=O) groups excluding carboxylic acids is 1. The van der Waals surface area contributed by atoms with E-state index in [0.29, 0.717) is 23.2 Å². The molecular formula is C21H26BrN3O2S. The second kappa shape index (κ2) is 9.74. The SMILES string of the molecule is Cc1nc(SCC(=O)NC2CCCCC2)n(C)c(=O)c1Cc1ccc(Br)cc1. The fourth-order valence-electron chi connectivity index (χ4n) is 3.52. The first kappa shape index (κ1) is 21.1.